The van der Waals surface area contributed by atoms with Gasteiger partial charge in [0.15, 0.2) is 0 Å². The van der Waals surface area contributed by atoms with E-state index in [4.69, 9.17) is 0 Å². The number of aryl methyl sites for hydroxylation is 1. The molecule has 5 heteroatoms. The molecule has 0 fully saturated rings. The Labute approximate surface area is 149 Å². The average molecular weight is 341 g/mol. The SMILES string of the molecule is CCCn1nc(C(=O)Nc2c(C(C)C)cccc2C(C)C)ccc1=O. The van der Waals surface area contributed by atoms with E-state index in [-0.39, 0.29) is 29.0 Å². The van der Waals surface area contributed by atoms with Gasteiger partial charge in [0.1, 0.15) is 5.69 Å². The highest BCUT2D eigenvalue weighted by atomic mass is 16.2. The van der Waals surface area contributed by atoms with Gasteiger partial charge in [-0.25, -0.2) is 4.68 Å². The van der Waals surface area contributed by atoms with Crippen molar-refractivity contribution in [1.29, 1.82) is 0 Å². The molecule has 0 radical (unpaired) electrons. The van der Waals surface area contributed by atoms with Gasteiger partial charge < -0.3 is 5.32 Å². The van der Waals surface area contributed by atoms with Crippen molar-refractivity contribution in [2.24, 2.45) is 0 Å². The summed E-state index contributed by atoms with van der Waals surface area (Å²) in [6, 6.07) is 8.99. The van der Waals surface area contributed by atoms with E-state index < -0.39 is 0 Å². The Morgan fingerprint density at radius 1 is 1.08 bits per heavy atom. The van der Waals surface area contributed by atoms with Gasteiger partial charge in [0.2, 0.25) is 0 Å². The fourth-order valence-corrected chi connectivity index (χ4v) is 2.81. The zero-order valence-electron chi connectivity index (χ0n) is 15.7. The molecular formula is C20H27N3O2. The minimum absolute atomic E-state index is 0.191. The molecule has 0 spiro atoms. The Hall–Kier alpha value is -2.43. The van der Waals surface area contributed by atoms with Gasteiger partial charge in [0.05, 0.1) is 0 Å². The molecule has 2 rings (SSSR count). The normalized spacial score (nSPS) is 11.2. The molecule has 0 aliphatic heterocycles. The van der Waals surface area contributed by atoms with Gasteiger partial charge in [-0.2, -0.15) is 5.10 Å². The number of rotatable bonds is 6. The predicted molar refractivity (Wildman–Crippen MR) is 101 cm³/mol. The topological polar surface area (TPSA) is 64.0 Å². The summed E-state index contributed by atoms with van der Waals surface area (Å²) in [5.74, 6) is 0.284. The van der Waals surface area contributed by atoms with E-state index in [0.29, 0.717) is 6.54 Å². The summed E-state index contributed by atoms with van der Waals surface area (Å²) in [4.78, 5) is 24.5. The van der Waals surface area contributed by atoms with Crippen LogP contribution in [0.1, 0.15) is 74.5 Å². The highest BCUT2D eigenvalue weighted by molar-refractivity contribution is 6.03. The van der Waals surface area contributed by atoms with Crippen LogP contribution in [0.5, 0.6) is 0 Å². The maximum atomic E-state index is 12.7. The Balaban J connectivity index is 2.41. The van der Waals surface area contributed by atoms with Crippen molar-refractivity contribution in [3.05, 3.63) is 57.5 Å². The molecule has 0 aliphatic rings. The van der Waals surface area contributed by atoms with Crippen molar-refractivity contribution in [2.45, 2.75) is 59.4 Å². The van der Waals surface area contributed by atoms with Gasteiger partial charge in [0.25, 0.3) is 11.5 Å². The highest BCUT2D eigenvalue weighted by Gasteiger charge is 2.18. The lowest BCUT2D eigenvalue weighted by atomic mass is 9.92. The number of benzene rings is 1. The van der Waals surface area contributed by atoms with Crippen molar-refractivity contribution in [2.75, 3.05) is 5.32 Å². The summed E-state index contributed by atoms with van der Waals surface area (Å²) in [6.45, 7) is 10.9. The second kappa shape index (κ2) is 8.10. The maximum absolute atomic E-state index is 12.7. The first-order chi connectivity index (χ1) is 11.8. The third-order valence-corrected chi connectivity index (χ3v) is 4.15. The van der Waals surface area contributed by atoms with Gasteiger partial charge in [-0.15, -0.1) is 0 Å². The zero-order chi connectivity index (χ0) is 18.6. The lowest BCUT2D eigenvalue weighted by Gasteiger charge is -2.20. The molecule has 1 aromatic heterocycles. The molecule has 0 saturated carbocycles. The first kappa shape index (κ1) is 18.9. The van der Waals surface area contributed by atoms with Crippen LogP contribution in [0.25, 0.3) is 0 Å². The fourth-order valence-electron chi connectivity index (χ4n) is 2.81. The smallest absolute Gasteiger partial charge is 0.276 e. The molecule has 5 nitrogen and oxygen atoms in total. The summed E-state index contributed by atoms with van der Waals surface area (Å²) in [5.41, 5.74) is 3.11. The number of anilines is 1. The van der Waals surface area contributed by atoms with E-state index in [2.05, 4.69) is 38.1 Å². The van der Waals surface area contributed by atoms with Crippen LogP contribution in [-0.4, -0.2) is 15.7 Å². The molecule has 1 aromatic carbocycles. The van der Waals surface area contributed by atoms with E-state index in [0.717, 1.165) is 23.2 Å². The second-order valence-corrected chi connectivity index (χ2v) is 6.85. The highest BCUT2D eigenvalue weighted by Crippen LogP contribution is 2.32. The average Bonchev–Trinajstić information content (AvgIpc) is 2.56. The van der Waals surface area contributed by atoms with Crippen molar-refractivity contribution in [1.82, 2.24) is 9.78 Å². The monoisotopic (exact) mass is 341 g/mol. The van der Waals surface area contributed by atoms with Crippen LogP contribution in [0.15, 0.2) is 35.1 Å². The number of nitrogens with zero attached hydrogens (tertiary/aromatic N) is 2. The van der Waals surface area contributed by atoms with Gasteiger partial charge in [-0.1, -0.05) is 52.8 Å². The standard InChI is InChI=1S/C20H27N3O2/c1-6-12-23-18(24)11-10-17(22-23)20(25)21-19-15(13(2)3)8-7-9-16(19)14(4)5/h7-11,13-14H,6,12H2,1-5H3,(H,21,25). The lowest BCUT2D eigenvalue weighted by molar-refractivity contribution is 0.101. The van der Waals surface area contributed by atoms with Gasteiger partial charge in [-0.05, 0) is 35.4 Å². The van der Waals surface area contributed by atoms with E-state index in [1.54, 1.807) is 0 Å². The summed E-state index contributed by atoms with van der Waals surface area (Å²) in [7, 11) is 0. The van der Waals surface area contributed by atoms with Gasteiger partial charge in [-0.3, -0.25) is 9.59 Å². The fraction of sp³-hybridized carbons (Fsp3) is 0.450. The van der Waals surface area contributed by atoms with E-state index in [9.17, 15) is 9.59 Å². The summed E-state index contributed by atoms with van der Waals surface area (Å²) in [5, 5.41) is 7.23. The summed E-state index contributed by atoms with van der Waals surface area (Å²) < 4.78 is 1.34. The quantitative estimate of drug-likeness (QED) is 0.858. The molecular weight excluding hydrogens is 314 g/mol. The van der Waals surface area contributed by atoms with Crippen LogP contribution in [0.2, 0.25) is 0 Å². The molecule has 1 amide bonds. The first-order valence-electron chi connectivity index (χ1n) is 8.87. The molecule has 0 atom stereocenters. The molecule has 134 valence electrons. The molecule has 0 bridgehead atoms. The zero-order valence-corrected chi connectivity index (χ0v) is 15.7. The number of nitrogens with one attached hydrogen (secondary N) is 1. The number of aromatic nitrogens is 2. The number of para-hydroxylation sites is 1. The Bertz CT molecular complexity index is 781. The summed E-state index contributed by atoms with van der Waals surface area (Å²) in [6.07, 6.45) is 0.783. The number of hydrogen-bond donors (Lipinski definition) is 1. The van der Waals surface area contributed by atoms with E-state index in [1.807, 2.05) is 25.1 Å². The summed E-state index contributed by atoms with van der Waals surface area (Å²) >= 11 is 0. The van der Waals surface area contributed by atoms with Crippen molar-refractivity contribution >= 4 is 11.6 Å². The molecule has 25 heavy (non-hydrogen) atoms. The largest absolute Gasteiger partial charge is 0.320 e. The lowest BCUT2D eigenvalue weighted by Crippen LogP contribution is -2.26. The molecule has 2 aromatic rings. The Kier molecular flexibility index (Phi) is 6.12. The number of hydrogen-bond acceptors (Lipinski definition) is 3. The van der Waals surface area contributed by atoms with E-state index >= 15 is 0 Å². The third-order valence-electron chi connectivity index (χ3n) is 4.15. The number of amides is 1. The van der Waals surface area contributed by atoms with Crippen LogP contribution in [0.4, 0.5) is 5.69 Å². The van der Waals surface area contributed by atoms with Crippen LogP contribution in [0, 0.1) is 0 Å². The van der Waals surface area contributed by atoms with E-state index in [1.165, 1.54) is 16.8 Å². The van der Waals surface area contributed by atoms with Gasteiger partial charge in [0, 0.05) is 18.3 Å². The van der Waals surface area contributed by atoms with Crippen LogP contribution < -0.4 is 10.9 Å². The van der Waals surface area contributed by atoms with Crippen LogP contribution >= 0.6 is 0 Å². The van der Waals surface area contributed by atoms with Crippen LogP contribution in [-0.2, 0) is 6.54 Å². The molecule has 1 N–H and O–H groups in total. The van der Waals surface area contributed by atoms with Crippen molar-refractivity contribution < 1.29 is 4.79 Å². The maximum Gasteiger partial charge on any atom is 0.276 e. The second-order valence-electron chi connectivity index (χ2n) is 6.85. The van der Waals surface area contributed by atoms with Crippen LogP contribution in [0.3, 0.4) is 0 Å². The minimum atomic E-state index is -0.292. The first-order valence-corrected chi connectivity index (χ1v) is 8.87. The number of carbonyl (C=O) groups is 1. The molecule has 1 heterocycles. The number of carbonyl (C=O) groups excluding carboxylic acids is 1. The third kappa shape index (κ3) is 4.35. The molecule has 0 unspecified atom stereocenters. The molecule has 0 aliphatic carbocycles. The Morgan fingerprint density at radius 2 is 1.68 bits per heavy atom. The Morgan fingerprint density at radius 3 is 2.20 bits per heavy atom. The van der Waals surface area contributed by atoms with Crippen molar-refractivity contribution in [3.63, 3.8) is 0 Å². The van der Waals surface area contributed by atoms with Gasteiger partial charge >= 0.3 is 0 Å². The minimum Gasteiger partial charge on any atom is -0.320 e. The molecule has 0 saturated heterocycles. The predicted octanol–water partition coefficient (Wildman–Crippen LogP) is 4.15. The van der Waals surface area contributed by atoms with Crippen molar-refractivity contribution in [3.8, 4) is 0 Å².